The predicted molar refractivity (Wildman–Crippen MR) is 117 cm³/mol. The van der Waals surface area contributed by atoms with Gasteiger partial charge in [0.15, 0.2) is 5.82 Å². The van der Waals surface area contributed by atoms with E-state index in [1.807, 2.05) is 42.5 Å². The van der Waals surface area contributed by atoms with Crippen LogP contribution in [0.15, 0.2) is 72.8 Å². The highest BCUT2D eigenvalue weighted by Crippen LogP contribution is 2.29. The van der Waals surface area contributed by atoms with Crippen LogP contribution in [0.4, 0.5) is 16.0 Å². The molecule has 1 unspecified atom stereocenters. The van der Waals surface area contributed by atoms with Crippen LogP contribution >= 0.6 is 0 Å². The van der Waals surface area contributed by atoms with Crippen LogP contribution in [0.25, 0.3) is 21.8 Å². The number of halogens is 1. The lowest BCUT2D eigenvalue weighted by atomic mass is 9.97. The third-order valence-electron chi connectivity index (χ3n) is 5.27. The summed E-state index contributed by atoms with van der Waals surface area (Å²) in [4.78, 5) is 9.57. The third-order valence-corrected chi connectivity index (χ3v) is 5.27. The average Bonchev–Trinajstić information content (AvgIpc) is 3.16. The Labute approximate surface area is 173 Å². The van der Waals surface area contributed by atoms with Gasteiger partial charge < -0.3 is 5.32 Å². The second kappa shape index (κ2) is 7.55. The summed E-state index contributed by atoms with van der Waals surface area (Å²) in [6.07, 6.45) is 0.708. The van der Waals surface area contributed by atoms with Crippen molar-refractivity contribution in [3.8, 4) is 0 Å². The van der Waals surface area contributed by atoms with E-state index in [0.29, 0.717) is 23.4 Å². The topological polar surface area (TPSA) is 66.5 Å². The number of hydrogen-bond acceptors (Lipinski definition) is 4. The Morgan fingerprint density at radius 3 is 2.57 bits per heavy atom. The van der Waals surface area contributed by atoms with Crippen LogP contribution in [-0.2, 0) is 6.42 Å². The van der Waals surface area contributed by atoms with E-state index in [1.54, 1.807) is 6.07 Å². The molecule has 3 aromatic carbocycles. The number of benzene rings is 3. The Morgan fingerprint density at radius 1 is 0.900 bits per heavy atom. The molecular weight excluding hydrogens is 377 g/mol. The van der Waals surface area contributed by atoms with Gasteiger partial charge in [-0.15, -0.1) is 0 Å². The zero-order valence-corrected chi connectivity index (χ0v) is 16.4. The molecule has 2 heterocycles. The standard InChI is InChI=1S/C24H20FN5/c1-15(16-7-3-2-4-8-16)13-22-26-20-10-6-5-9-18(20)23(27-22)28-24-19-14-17(25)11-12-21(19)29-30-24/h2-12,14-15H,13H2,1H3,(H2,26,27,28,29,30). The van der Waals surface area contributed by atoms with E-state index in [2.05, 4.69) is 34.6 Å². The lowest BCUT2D eigenvalue weighted by molar-refractivity contribution is 0.630. The van der Waals surface area contributed by atoms with Crippen molar-refractivity contribution in [2.24, 2.45) is 0 Å². The molecule has 0 aliphatic rings. The van der Waals surface area contributed by atoms with E-state index in [1.165, 1.54) is 17.7 Å². The smallest absolute Gasteiger partial charge is 0.161 e. The summed E-state index contributed by atoms with van der Waals surface area (Å²) in [5.74, 6) is 1.92. The maximum atomic E-state index is 13.8. The van der Waals surface area contributed by atoms with Gasteiger partial charge in [-0.2, -0.15) is 5.10 Å². The number of fused-ring (bicyclic) bond motifs is 2. The van der Waals surface area contributed by atoms with Gasteiger partial charge in [-0.25, -0.2) is 14.4 Å². The van der Waals surface area contributed by atoms with Crippen molar-refractivity contribution in [2.45, 2.75) is 19.3 Å². The van der Waals surface area contributed by atoms with Gasteiger partial charge in [-0.1, -0.05) is 49.4 Å². The van der Waals surface area contributed by atoms with Crippen molar-refractivity contribution in [1.82, 2.24) is 20.2 Å². The minimum absolute atomic E-state index is 0.278. The number of aromatic amines is 1. The van der Waals surface area contributed by atoms with Gasteiger partial charge in [0.25, 0.3) is 0 Å². The van der Waals surface area contributed by atoms with E-state index in [9.17, 15) is 4.39 Å². The summed E-state index contributed by atoms with van der Waals surface area (Å²) in [6, 6.07) is 22.7. The molecule has 2 N–H and O–H groups in total. The maximum Gasteiger partial charge on any atom is 0.161 e. The van der Waals surface area contributed by atoms with Gasteiger partial charge in [0, 0.05) is 17.2 Å². The normalized spacial score (nSPS) is 12.3. The number of anilines is 2. The third kappa shape index (κ3) is 3.48. The molecule has 6 heteroatoms. The molecule has 0 aliphatic carbocycles. The van der Waals surface area contributed by atoms with Crippen LogP contribution in [0.5, 0.6) is 0 Å². The Balaban J connectivity index is 1.54. The molecule has 0 saturated carbocycles. The highest BCUT2D eigenvalue weighted by Gasteiger charge is 2.14. The molecule has 0 fully saturated rings. The number of H-pyrrole nitrogens is 1. The average molecular weight is 397 g/mol. The molecule has 2 aromatic heterocycles. The quantitative estimate of drug-likeness (QED) is 0.397. The first-order chi connectivity index (χ1) is 14.7. The zero-order valence-electron chi connectivity index (χ0n) is 16.4. The molecule has 0 spiro atoms. The van der Waals surface area contributed by atoms with Crippen LogP contribution in [0.2, 0.25) is 0 Å². The highest BCUT2D eigenvalue weighted by atomic mass is 19.1. The summed E-state index contributed by atoms with van der Waals surface area (Å²) in [5.41, 5.74) is 2.86. The fourth-order valence-electron chi connectivity index (χ4n) is 3.68. The molecule has 5 rings (SSSR count). The Hall–Kier alpha value is -3.80. The second-order valence-corrected chi connectivity index (χ2v) is 7.41. The molecule has 0 bridgehead atoms. The number of rotatable bonds is 5. The van der Waals surface area contributed by atoms with Gasteiger partial charge in [0.05, 0.1) is 11.0 Å². The van der Waals surface area contributed by atoms with Crippen molar-refractivity contribution >= 4 is 33.4 Å². The predicted octanol–water partition coefficient (Wildman–Crippen LogP) is 5.74. The van der Waals surface area contributed by atoms with Gasteiger partial charge in [0.2, 0.25) is 0 Å². The molecular formula is C24H20FN5. The van der Waals surface area contributed by atoms with Crippen LogP contribution in [-0.4, -0.2) is 20.2 Å². The summed E-state index contributed by atoms with van der Waals surface area (Å²) in [6.45, 7) is 2.17. The lowest BCUT2D eigenvalue weighted by Crippen LogP contribution is -2.06. The van der Waals surface area contributed by atoms with Crippen molar-refractivity contribution in [3.63, 3.8) is 0 Å². The maximum absolute atomic E-state index is 13.8. The molecule has 148 valence electrons. The van der Waals surface area contributed by atoms with E-state index in [0.717, 1.165) is 22.2 Å². The minimum atomic E-state index is -0.308. The SMILES string of the molecule is CC(Cc1nc(Nc2n[nH]c3ccc(F)cc23)c2ccccc2n1)c1ccccc1. The molecule has 0 saturated heterocycles. The zero-order chi connectivity index (χ0) is 20.5. The molecule has 0 amide bonds. The van der Waals surface area contributed by atoms with Crippen molar-refractivity contribution in [1.29, 1.82) is 0 Å². The van der Waals surface area contributed by atoms with E-state index in [4.69, 9.17) is 9.97 Å². The second-order valence-electron chi connectivity index (χ2n) is 7.41. The first-order valence-electron chi connectivity index (χ1n) is 9.88. The number of nitrogens with zero attached hydrogens (tertiary/aromatic N) is 3. The summed E-state index contributed by atoms with van der Waals surface area (Å²) < 4.78 is 13.8. The molecule has 0 radical (unpaired) electrons. The Bertz CT molecular complexity index is 1330. The first kappa shape index (κ1) is 18.2. The summed E-state index contributed by atoms with van der Waals surface area (Å²) in [7, 11) is 0. The van der Waals surface area contributed by atoms with Crippen molar-refractivity contribution in [2.75, 3.05) is 5.32 Å². The highest BCUT2D eigenvalue weighted by molar-refractivity contribution is 5.96. The summed E-state index contributed by atoms with van der Waals surface area (Å²) in [5, 5.41) is 12.1. The Kier molecular flexibility index (Phi) is 4.59. The van der Waals surface area contributed by atoms with Crippen LogP contribution < -0.4 is 5.32 Å². The largest absolute Gasteiger partial charge is 0.322 e. The molecule has 5 aromatic rings. The van der Waals surface area contributed by atoms with Crippen LogP contribution in [0, 0.1) is 5.82 Å². The van der Waals surface area contributed by atoms with Crippen molar-refractivity contribution < 1.29 is 4.39 Å². The monoisotopic (exact) mass is 397 g/mol. The van der Waals surface area contributed by atoms with E-state index >= 15 is 0 Å². The van der Waals surface area contributed by atoms with Gasteiger partial charge in [-0.05, 0) is 41.8 Å². The number of nitrogens with one attached hydrogen (secondary N) is 2. The first-order valence-corrected chi connectivity index (χ1v) is 9.88. The van der Waals surface area contributed by atoms with Crippen LogP contribution in [0.1, 0.15) is 24.2 Å². The number of hydrogen-bond donors (Lipinski definition) is 2. The van der Waals surface area contributed by atoms with E-state index in [-0.39, 0.29) is 11.7 Å². The van der Waals surface area contributed by atoms with E-state index < -0.39 is 0 Å². The van der Waals surface area contributed by atoms with Crippen molar-refractivity contribution in [3.05, 3.63) is 90.0 Å². The molecule has 30 heavy (non-hydrogen) atoms. The minimum Gasteiger partial charge on any atom is -0.322 e. The number of para-hydroxylation sites is 1. The Morgan fingerprint density at radius 2 is 1.70 bits per heavy atom. The van der Waals surface area contributed by atoms with Gasteiger partial charge in [0.1, 0.15) is 17.5 Å². The fourth-order valence-corrected chi connectivity index (χ4v) is 3.68. The molecule has 0 aliphatic heterocycles. The van der Waals surface area contributed by atoms with Gasteiger partial charge >= 0.3 is 0 Å². The number of aromatic nitrogens is 4. The molecule has 5 nitrogen and oxygen atoms in total. The van der Waals surface area contributed by atoms with Crippen LogP contribution in [0.3, 0.4) is 0 Å². The lowest BCUT2D eigenvalue weighted by Gasteiger charge is -2.13. The fraction of sp³-hybridized carbons (Fsp3) is 0.125. The summed E-state index contributed by atoms with van der Waals surface area (Å²) >= 11 is 0. The van der Waals surface area contributed by atoms with Gasteiger partial charge in [-0.3, -0.25) is 5.10 Å². The molecule has 1 atom stereocenters.